The van der Waals surface area contributed by atoms with Crippen LogP contribution in [0.5, 0.6) is 0 Å². The maximum absolute atomic E-state index is 9.14. The summed E-state index contributed by atoms with van der Waals surface area (Å²) in [6.07, 6.45) is -0.259. The first-order chi connectivity index (χ1) is 4.04. The van der Waals surface area contributed by atoms with Gasteiger partial charge in [-0.25, -0.2) is 0 Å². The highest BCUT2D eigenvalue weighted by atomic mass is 16.3. The van der Waals surface area contributed by atoms with Crippen molar-refractivity contribution in [1.29, 1.82) is 0 Å². The molecule has 0 aromatic carbocycles. The van der Waals surface area contributed by atoms with Crippen LogP contribution in [0.2, 0.25) is 0 Å². The lowest BCUT2D eigenvalue weighted by molar-refractivity contribution is 0.0613. The Kier molecular flexibility index (Phi) is 3.82. The van der Waals surface area contributed by atoms with Crippen molar-refractivity contribution in [3.8, 4) is 0 Å². The maximum Gasteiger partial charge on any atom is 0.0587 e. The predicted molar refractivity (Wildman–Crippen MR) is 37.1 cm³/mol. The predicted octanol–water partition coefficient (Wildman–Crippen LogP) is 0.774. The van der Waals surface area contributed by atoms with Gasteiger partial charge in [0.1, 0.15) is 0 Å². The molecule has 0 saturated carbocycles. The fourth-order valence-corrected chi connectivity index (χ4v) is 0.622. The summed E-state index contributed by atoms with van der Waals surface area (Å²) in [5.74, 6) is 0.250. The Balaban J connectivity index is 3.38. The molecule has 2 heteroatoms. The molecule has 0 radical (unpaired) electrons. The summed E-state index contributed by atoms with van der Waals surface area (Å²) in [7, 11) is 0. The van der Waals surface area contributed by atoms with Crippen LogP contribution in [-0.2, 0) is 0 Å². The molecule has 0 aliphatic rings. The summed E-state index contributed by atoms with van der Waals surface area (Å²) in [5.41, 5.74) is 0. The first-order valence-corrected chi connectivity index (χ1v) is 3.40. The van der Waals surface area contributed by atoms with Crippen LogP contribution in [0.4, 0.5) is 0 Å². The molecule has 0 aromatic heterocycles. The fraction of sp³-hybridized carbons (Fsp3) is 1.00. The van der Waals surface area contributed by atoms with Gasteiger partial charge >= 0.3 is 0 Å². The van der Waals surface area contributed by atoms with Gasteiger partial charge in [-0.05, 0) is 19.3 Å². The molecular formula is C7H16O2. The van der Waals surface area contributed by atoms with Gasteiger partial charge in [-0.3, -0.25) is 0 Å². The minimum Gasteiger partial charge on any atom is -0.393 e. The van der Waals surface area contributed by atoms with Crippen LogP contribution in [0.25, 0.3) is 0 Å². The van der Waals surface area contributed by atoms with Crippen LogP contribution < -0.4 is 0 Å². The van der Waals surface area contributed by atoms with Gasteiger partial charge in [0.15, 0.2) is 0 Å². The first-order valence-electron chi connectivity index (χ1n) is 3.40. The average molecular weight is 132 g/mol. The van der Waals surface area contributed by atoms with E-state index in [2.05, 4.69) is 0 Å². The van der Waals surface area contributed by atoms with E-state index in [-0.39, 0.29) is 18.1 Å². The fourth-order valence-electron chi connectivity index (χ4n) is 0.622. The van der Waals surface area contributed by atoms with Gasteiger partial charge in [-0.1, -0.05) is 13.8 Å². The third-order valence-electron chi connectivity index (χ3n) is 1.35. The molecule has 0 amide bonds. The molecule has 56 valence electrons. The Hall–Kier alpha value is -0.0800. The Morgan fingerprint density at radius 3 is 1.67 bits per heavy atom. The standard InChI is InChI=1S/C7H16O2/c1-5(2)7(9)4-6(3)8/h5-9H,4H2,1-3H3/t6-,7+/m1/s1. The lowest BCUT2D eigenvalue weighted by atomic mass is 10.0. The molecule has 0 heterocycles. The summed E-state index contributed by atoms with van der Waals surface area (Å²) >= 11 is 0. The van der Waals surface area contributed by atoms with Crippen molar-refractivity contribution in [3.63, 3.8) is 0 Å². The highest BCUT2D eigenvalue weighted by molar-refractivity contribution is 4.62. The van der Waals surface area contributed by atoms with Crippen LogP contribution in [0.1, 0.15) is 27.2 Å². The van der Waals surface area contributed by atoms with Crippen LogP contribution in [0.3, 0.4) is 0 Å². The summed E-state index contributed by atoms with van der Waals surface area (Å²) in [5, 5.41) is 17.9. The van der Waals surface area contributed by atoms with Gasteiger partial charge < -0.3 is 10.2 Å². The summed E-state index contributed by atoms with van der Waals surface area (Å²) in [6, 6.07) is 0. The zero-order valence-electron chi connectivity index (χ0n) is 6.33. The molecule has 0 spiro atoms. The van der Waals surface area contributed by atoms with Crippen LogP contribution in [-0.4, -0.2) is 22.4 Å². The van der Waals surface area contributed by atoms with E-state index in [4.69, 9.17) is 10.2 Å². The van der Waals surface area contributed by atoms with E-state index in [1.165, 1.54) is 0 Å². The molecule has 0 bridgehead atoms. The molecule has 9 heavy (non-hydrogen) atoms. The quantitative estimate of drug-likeness (QED) is 0.595. The van der Waals surface area contributed by atoms with Crippen molar-refractivity contribution in [2.45, 2.75) is 39.4 Å². The second-order valence-corrected chi connectivity index (χ2v) is 2.90. The van der Waals surface area contributed by atoms with Gasteiger partial charge in [-0.2, -0.15) is 0 Å². The lowest BCUT2D eigenvalue weighted by Gasteiger charge is -2.15. The Morgan fingerprint density at radius 1 is 1.11 bits per heavy atom. The van der Waals surface area contributed by atoms with Crippen LogP contribution in [0, 0.1) is 5.92 Å². The van der Waals surface area contributed by atoms with E-state index in [1.807, 2.05) is 13.8 Å². The van der Waals surface area contributed by atoms with E-state index in [1.54, 1.807) is 6.92 Å². The van der Waals surface area contributed by atoms with E-state index < -0.39 is 0 Å². The van der Waals surface area contributed by atoms with Crippen molar-refractivity contribution >= 4 is 0 Å². The maximum atomic E-state index is 9.14. The largest absolute Gasteiger partial charge is 0.393 e. The first kappa shape index (κ1) is 8.92. The van der Waals surface area contributed by atoms with Gasteiger partial charge in [0.2, 0.25) is 0 Å². The smallest absolute Gasteiger partial charge is 0.0587 e. The Morgan fingerprint density at radius 2 is 1.56 bits per heavy atom. The lowest BCUT2D eigenvalue weighted by Crippen LogP contribution is -2.20. The second-order valence-electron chi connectivity index (χ2n) is 2.90. The SMILES string of the molecule is CC(C)[C@@H](O)C[C@@H](C)O. The number of aliphatic hydroxyl groups excluding tert-OH is 2. The van der Waals surface area contributed by atoms with Crippen molar-refractivity contribution < 1.29 is 10.2 Å². The summed E-state index contributed by atoms with van der Waals surface area (Å²) in [4.78, 5) is 0. The third-order valence-corrected chi connectivity index (χ3v) is 1.35. The van der Waals surface area contributed by atoms with Crippen LogP contribution in [0.15, 0.2) is 0 Å². The molecule has 2 nitrogen and oxygen atoms in total. The molecule has 0 aliphatic carbocycles. The van der Waals surface area contributed by atoms with Gasteiger partial charge in [0.25, 0.3) is 0 Å². The number of hydrogen-bond donors (Lipinski definition) is 2. The Bertz CT molecular complexity index is 69.3. The minimum absolute atomic E-state index is 0.250. The van der Waals surface area contributed by atoms with E-state index >= 15 is 0 Å². The zero-order valence-corrected chi connectivity index (χ0v) is 6.33. The average Bonchev–Trinajstić information content (AvgIpc) is 1.63. The van der Waals surface area contributed by atoms with Gasteiger partial charge in [-0.15, -0.1) is 0 Å². The topological polar surface area (TPSA) is 40.5 Å². The summed E-state index contributed by atoms with van der Waals surface area (Å²) < 4.78 is 0. The molecule has 0 aliphatic heterocycles. The zero-order chi connectivity index (χ0) is 7.44. The van der Waals surface area contributed by atoms with Crippen molar-refractivity contribution in [1.82, 2.24) is 0 Å². The number of rotatable bonds is 3. The molecule has 0 unspecified atom stereocenters. The van der Waals surface area contributed by atoms with E-state index in [0.717, 1.165) is 0 Å². The minimum atomic E-state index is -0.387. The molecule has 2 atom stereocenters. The third kappa shape index (κ3) is 4.43. The normalized spacial score (nSPS) is 18.0. The van der Waals surface area contributed by atoms with Crippen molar-refractivity contribution in [2.75, 3.05) is 0 Å². The highest BCUT2D eigenvalue weighted by Crippen LogP contribution is 2.07. The van der Waals surface area contributed by atoms with Crippen molar-refractivity contribution in [3.05, 3.63) is 0 Å². The van der Waals surface area contributed by atoms with Gasteiger partial charge in [0.05, 0.1) is 12.2 Å². The highest BCUT2D eigenvalue weighted by Gasteiger charge is 2.10. The molecule has 0 fully saturated rings. The number of hydrogen-bond acceptors (Lipinski definition) is 2. The summed E-state index contributed by atoms with van der Waals surface area (Å²) in [6.45, 7) is 5.56. The number of aliphatic hydroxyl groups is 2. The molecule has 2 N–H and O–H groups in total. The monoisotopic (exact) mass is 132 g/mol. The van der Waals surface area contributed by atoms with Gasteiger partial charge in [0, 0.05) is 0 Å². The molecule has 0 aromatic rings. The molecular weight excluding hydrogens is 116 g/mol. The van der Waals surface area contributed by atoms with E-state index in [9.17, 15) is 0 Å². The molecule has 0 saturated heterocycles. The second kappa shape index (κ2) is 3.85. The van der Waals surface area contributed by atoms with Crippen molar-refractivity contribution in [2.24, 2.45) is 5.92 Å². The van der Waals surface area contributed by atoms with Crippen LogP contribution >= 0.6 is 0 Å². The molecule has 0 rings (SSSR count). The van der Waals surface area contributed by atoms with E-state index in [0.29, 0.717) is 6.42 Å². The Labute approximate surface area is 56.5 Å².